The molecule has 5 nitrogen and oxygen atoms in total. The van der Waals surface area contributed by atoms with E-state index in [1.165, 1.54) is 16.8 Å². The topological polar surface area (TPSA) is 50.5 Å². The lowest BCUT2D eigenvalue weighted by Crippen LogP contribution is -2.22. The molecule has 1 aliphatic heterocycles. The summed E-state index contributed by atoms with van der Waals surface area (Å²) in [6.45, 7) is 0. The van der Waals surface area contributed by atoms with Crippen molar-refractivity contribution in [3.63, 3.8) is 0 Å². The van der Waals surface area contributed by atoms with Crippen LogP contribution in [-0.4, -0.2) is 37.0 Å². The summed E-state index contributed by atoms with van der Waals surface area (Å²) in [6, 6.07) is 19.7. The van der Waals surface area contributed by atoms with Gasteiger partial charge in [0.15, 0.2) is 4.32 Å². The molecule has 0 radical (unpaired) electrons. The average Bonchev–Trinajstić information content (AvgIpc) is 3.25. The Bertz CT molecular complexity index is 967. The van der Waals surface area contributed by atoms with Gasteiger partial charge in [-0.25, -0.2) is 4.68 Å². The Labute approximate surface area is 160 Å². The molecular weight excluding hydrogens is 364 g/mol. The van der Waals surface area contributed by atoms with Gasteiger partial charge in [0.05, 0.1) is 17.7 Å². The minimum absolute atomic E-state index is 0.104. The standard InChI is InChI=1S/C19H14N4OS2/c24-17-13-26-19(25)23(17)20-11-15-12-22(16-9-5-2-6-10-16)21-18(15)14-7-3-1-4-8-14/h1-12H,13H2. The third kappa shape index (κ3) is 3.31. The van der Waals surface area contributed by atoms with Gasteiger partial charge >= 0.3 is 0 Å². The summed E-state index contributed by atoms with van der Waals surface area (Å²) in [6.07, 6.45) is 3.54. The van der Waals surface area contributed by atoms with Crippen LogP contribution in [0.1, 0.15) is 5.56 Å². The molecular formula is C19H14N4OS2. The molecule has 2 aromatic carbocycles. The van der Waals surface area contributed by atoms with Crippen molar-refractivity contribution in [3.05, 3.63) is 72.4 Å². The van der Waals surface area contributed by atoms with Crippen LogP contribution in [0.2, 0.25) is 0 Å². The van der Waals surface area contributed by atoms with E-state index in [0.717, 1.165) is 22.5 Å². The number of benzene rings is 2. The monoisotopic (exact) mass is 378 g/mol. The lowest BCUT2D eigenvalue weighted by Gasteiger charge is -2.06. The van der Waals surface area contributed by atoms with Crippen molar-refractivity contribution in [3.8, 4) is 16.9 Å². The summed E-state index contributed by atoms with van der Waals surface area (Å²) in [5, 5.41) is 10.3. The van der Waals surface area contributed by atoms with Gasteiger partial charge < -0.3 is 0 Å². The van der Waals surface area contributed by atoms with Gasteiger partial charge in [-0.1, -0.05) is 72.5 Å². The second-order valence-corrected chi connectivity index (χ2v) is 7.19. The van der Waals surface area contributed by atoms with Gasteiger partial charge in [0.1, 0.15) is 5.69 Å². The summed E-state index contributed by atoms with van der Waals surface area (Å²) in [5.41, 5.74) is 3.54. The Balaban J connectivity index is 1.76. The fourth-order valence-electron chi connectivity index (χ4n) is 2.59. The molecule has 1 saturated heterocycles. The van der Waals surface area contributed by atoms with Crippen molar-refractivity contribution in [2.24, 2.45) is 5.10 Å². The van der Waals surface area contributed by atoms with E-state index in [9.17, 15) is 4.79 Å². The van der Waals surface area contributed by atoms with Crippen molar-refractivity contribution in [1.82, 2.24) is 14.8 Å². The molecule has 128 valence electrons. The predicted molar refractivity (Wildman–Crippen MR) is 108 cm³/mol. The zero-order valence-corrected chi connectivity index (χ0v) is 15.3. The Morgan fingerprint density at radius 2 is 1.77 bits per heavy atom. The molecule has 0 unspecified atom stereocenters. The highest BCUT2D eigenvalue weighted by molar-refractivity contribution is 8.23. The van der Waals surface area contributed by atoms with Gasteiger partial charge in [-0.05, 0) is 12.1 Å². The van der Waals surface area contributed by atoms with Crippen LogP contribution in [0.25, 0.3) is 16.9 Å². The average molecular weight is 378 g/mol. The number of carbonyl (C=O) groups excluding carboxylic acids is 1. The van der Waals surface area contributed by atoms with Crippen molar-refractivity contribution >= 4 is 40.4 Å². The van der Waals surface area contributed by atoms with Crippen LogP contribution in [0.4, 0.5) is 0 Å². The van der Waals surface area contributed by atoms with E-state index < -0.39 is 0 Å². The SMILES string of the molecule is O=C1CSC(=S)N1N=Cc1cn(-c2ccccc2)nc1-c1ccccc1. The minimum atomic E-state index is -0.104. The third-order valence-corrected chi connectivity index (χ3v) is 5.19. The predicted octanol–water partition coefficient (Wildman–Crippen LogP) is 3.73. The van der Waals surface area contributed by atoms with E-state index in [1.54, 1.807) is 6.21 Å². The highest BCUT2D eigenvalue weighted by Crippen LogP contribution is 2.24. The van der Waals surface area contributed by atoms with E-state index in [4.69, 9.17) is 17.3 Å². The molecule has 4 rings (SSSR count). The Kier molecular flexibility index (Phi) is 4.64. The third-order valence-electron chi connectivity index (χ3n) is 3.85. The maximum absolute atomic E-state index is 11.9. The number of thiocarbonyl (C=S) groups is 1. The molecule has 3 aromatic rings. The second kappa shape index (κ2) is 7.23. The fourth-order valence-corrected chi connectivity index (χ4v) is 3.56. The summed E-state index contributed by atoms with van der Waals surface area (Å²) in [4.78, 5) is 11.9. The number of nitrogens with zero attached hydrogens (tertiary/aromatic N) is 4. The van der Waals surface area contributed by atoms with Gasteiger partial charge in [-0.3, -0.25) is 4.79 Å². The summed E-state index contributed by atoms with van der Waals surface area (Å²) in [5.74, 6) is 0.235. The highest BCUT2D eigenvalue weighted by Gasteiger charge is 2.26. The van der Waals surface area contributed by atoms with Crippen molar-refractivity contribution in [1.29, 1.82) is 0 Å². The molecule has 0 spiro atoms. The number of para-hydroxylation sites is 1. The maximum atomic E-state index is 11.9. The van der Waals surface area contributed by atoms with Gasteiger partial charge in [-0.15, -0.1) is 0 Å². The summed E-state index contributed by atoms with van der Waals surface area (Å²) < 4.78 is 2.28. The molecule has 1 aliphatic rings. The molecule has 1 fully saturated rings. The van der Waals surface area contributed by atoms with E-state index >= 15 is 0 Å². The fraction of sp³-hybridized carbons (Fsp3) is 0.0526. The normalized spacial score (nSPS) is 14.5. The van der Waals surface area contributed by atoms with Crippen LogP contribution >= 0.6 is 24.0 Å². The molecule has 0 N–H and O–H groups in total. The number of carbonyl (C=O) groups is 1. The van der Waals surface area contributed by atoms with Gasteiger partial charge in [0, 0.05) is 17.3 Å². The number of hydrazone groups is 1. The number of rotatable bonds is 4. The van der Waals surface area contributed by atoms with Crippen molar-refractivity contribution < 1.29 is 4.79 Å². The van der Waals surface area contributed by atoms with E-state index in [-0.39, 0.29) is 5.91 Å². The van der Waals surface area contributed by atoms with Gasteiger partial charge in [0.25, 0.3) is 5.91 Å². The Morgan fingerprint density at radius 1 is 1.08 bits per heavy atom. The maximum Gasteiger partial charge on any atom is 0.259 e. The first-order valence-electron chi connectivity index (χ1n) is 7.96. The molecule has 7 heteroatoms. The van der Waals surface area contributed by atoms with Crippen LogP contribution in [0, 0.1) is 0 Å². The molecule has 1 amide bonds. The van der Waals surface area contributed by atoms with Crippen LogP contribution in [-0.2, 0) is 4.79 Å². The van der Waals surface area contributed by atoms with Gasteiger partial charge in [0.2, 0.25) is 0 Å². The largest absolute Gasteiger partial charge is 0.272 e. The number of thioether (sulfide) groups is 1. The Morgan fingerprint density at radius 3 is 2.42 bits per heavy atom. The minimum Gasteiger partial charge on any atom is -0.272 e. The molecule has 0 bridgehead atoms. The lowest BCUT2D eigenvalue weighted by molar-refractivity contribution is -0.123. The zero-order chi connectivity index (χ0) is 17.9. The molecule has 26 heavy (non-hydrogen) atoms. The number of aromatic nitrogens is 2. The summed E-state index contributed by atoms with van der Waals surface area (Å²) >= 11 is 6.50. The quantitative estimate of drug-likeness (QED) is 0.513. The number of hydrogen-bond acceptors (Lipinski definition) is 5. The lowest BCUT2D eigenvalue weighted by atomic mass is 10.1. The molecule has 0 aliphatic carbocycles. The first-order valence-corrected chi connectivity index (χ1v) is 9.36. The summed E-state index contributed by atoms with van der Waals surface area (Å²) in [7, 11) is 0. The van der Waals surface area contributed by atoms with E-state index in [2.05, 4.69) is 5.10 Å². The molecule has 0 atom stereocenters. The smallest absolute Gasteiger partial charge is 0.259 e. The zero-order valence-electron chi connectivity index (χ0n) is 13.6. The van der Waals surface area contributed by atoms with Gasteiger partial charge in [-0.2, -0.15) is 15.2 Å². The first-order chi connectivity index (χ1) is 12.7. The van der Waals surface area contributed by atoms with Crippen LogP contribution in [0.15, 0.2) is 72.0 Å². The number of amides is 1. The Hall–Kier alpha value is -2.77. The van der Waals surface area contributed by atoms with Crippen LogP contribution < -0.4 is 0 Å². The van der Waals surface area contributed by atoms with Crippen molar-refractivity contribution in [2.75, 3.05) is 5.75 Å². The molecule has 0 saturated carbocycles. The van der Waals surface area contributed by atoms with Crippen molar-refractivity contribution in [2.45, 2.75) is 0 Å². The van der Waals surface area contributed by atoms with Crippen LogP contribution in [0.5, 0.6) is 0 Å². The van der Waals surface area contributed by atoms with E-state index in [0.29, 0.717) is 10.1 Å². The first kappa shape index (κ1) is 16.7. The number of hydrogen-bond donors (Lipinski definition) is 0. The molecule has 2 heterocycles. The van der Waals surface area contributed by atoms with E-state index in [1.807, 2.05) is 71.5 Å². The second-order valence-electron chi connectivity index (χ2n) is 5.58. The van der Waals surface area contributed by atoms with Crippen LogP contribution in [0.3, 0.4) is 0 Å². The highest BCUT2D eigenvalue weighted by atomic mass is 32.2. The molecule has 1 aromatic heterocycles.